The van der Waals surface area contributed by atoms with Gasteiger partial charge in [0.25, 0.3) is 0 Å². The molecule has 61 heavy (non-hydrogen) atoms. The lowest BCUT2D eigenvalue weighted by Gasteiger charge is -2.33. The summed E-state index contributed by atoms with van der Waals surface area (Å²) in [6, 6.07) is 72.5. The SMILES string of the molecule is CC1(C)c2ccccc2-c2ccc(N(c3cccc(-c4ccccc4)c3)c3cccc4c3Oc3ccc5c(c3O4)-c3ccccc3C53c4ccccc4-c4ccccc43)cc21. The molecular formula is C58H39NO2. The van der Waals surface area contributed by atoms with Gasteiger partial charge in [-0.1, -0.05) is 172 Å². The Hall–Kier alpha value is -7.62. The predicted molar refractivity (Wildman–Crippen MR) is 247 cm³/mol. The molecule has 9 aromatic rings. The third kappa shape index (κ3) is 4.58. The van der Waals surface area contributed by atoms with Crippen LogP contribution in [-0.2, 0) is 10.8 Å². The van der Waals surface area contributed by atoms with Crippen LogP contribution in [0.25, 0.3) is 44.5 Å². The van der Waals surface area contributed by atoms with Crippen molar-refractivity contribution >= 4 is 17.1 Å². The quantitative estimate of drug-likeness (QED) is 0.177. The fraction of sp³-hybridized carbons (Fsp3) is 0.0690. The number of ether oxygens (including phenoxy) is 2. The molecule has 288 valence electrons. The van der Waals surface area contributed by atoms with Crippen LogP contribution in [0.1, 0.15) is 47.2 Å². The molecule has 0 aromatic heterocycles. The maximum Gasteiger partial charge on any atom is 0.194 e. The molecule has 1 spiro atoms. The summed E-state index contributed by atoms with van der Waals surface area (Å²) in [6.07, 6.45) is 0. The van der Waals surface area contributed by atoms with Crippen LogP contribution in [0.4, 0.5) is 17.1 Å². The number of anilines is 3. The van der Waals surface area contributed by atoms with E-state index in [1.54, 1.807) is 0 Å². The summed E-state index contributed by atoms with van der Waals surface area (Å²) >= 11 is 0. The second-order valence-corrected chi connectivity index (χ2v) is 17.2. The van der Waals surface area contributed by atoms with Crippen molar-refractivity contribution in [3.05, 3.63) is 234 Å². The molecule has 3 aliphatic carbocycles. The maximum atomic E-state index is 7.21. The van der Waals surface area contributed by atoms with Crippen molar-refractivity contribution in [1.29, 1.82) is 0 Å². The summed E-state index contributed by atoms with van der Waals surface area (Å²) in [4.78, 5) is 2.34. The van der Waals surface area contributed by atoms with Crippen molar-refractivity contribution in [3.8, 4) is 67.5 Å². The summed E-state index contributed by atoms with van der Waals surface area (Å²) in [5.74, 6) is 2.82. The van der Waals surface area contributed by atoms with Crippen molar-refractivity contribution in [2.75, 3.05) is 4.90 Å². The molecular weight excluding hydrogens is 743 g/mol. The molecule has 0 N–H and O–H groups in total. The molecule has 0 saturated carbocycles. The van der Waals surface area contributed by atoms with Gasteiger partial charge < -0.3 is 14.4 Å². The first-order chi connectivity index (χ1) is 30.0. The topological polar surface area (TPSA) is 21.7 Å². The van der Waals surface area contributed by atoms with E-state index >= 15 is 0 Å². The molecule has 9 aromatic carbocycles. The van der Waals surface area contributed by atoms with Crippen LogP contribution >= 0.6 is 0 Å². The van der Waals surface area contributed by atoms with Gasteiger partial charge in [-0.15, -0.1) is 0 Å². The molecule has 3 heteroatoms. The Morgan fingerprint density at radius 1 is 0.361 bits per heavy atom. The summed E-state index contributed by atoms with van der Waals surface area (Å²) in [5.41, 5.74) is 19.8. The highest BCUT2D eigenvalue weighted by Crippen LogP contribution is 2.67. The first-order valence-corrected chi connectivity index (χ1v) is 21.2. The molecule has 4 aliphatic rings. The number of nitrogens with zero attached hydrogens (tertiary/aromatic N) is 1. The van der Waals surface area contributed by atoms with E-state index in [2.05, 4.69) is 213 Å². The fourth-order valence-electron chi connectivity index (χ4n) is 11.1. The number of para-hydroxylation sites is 1. The summed E-state index contributed by atoms with van der Waals surface area (Å²) in [7, 11) is 0. The number of hydrogen-bond acceptors (Lipinski definition) is 3. The lowest BCUT2D eigenvalue weighted by Crippen LogP contribution is -2.25. The lowest BCUT2D eigenvalue weighted by atomic mass is 9.70. The number of hydrogen-bond donors (Lipinski definition) is 0. The van der Waals surface area contributed by atoms with Crippen molar-refractivity contribution < 1.29 is 9.47 Å². The van der Waals surface area contributed by atoms with Crippen LogP contribution in [0.3, 0.4) is 0 Å². The highest BCUT2D eigenvalue weighted by atomic mass is 16.6. The van der Waals surface area contributed by atoms with Gasteiger partial charge in [-0.05, 0) is 115 Å². The lowest BCUT2D eigenvalue weighted by molar-refractivity contribution is 0.361. The van der Waals surface area contributed by atoms with Gasteiger partial charge >= 0.3 is 0 Å². The zero-order chi connectivity index (χ0) is 40.5. The van der Waals surface area contributed by atoms with Gasteiger partial charge in [0.1, 0.15) is 0 Å². The zero-order valence-electron chi connectivity index (χ0n) is 33.8. The highest BCUT2D eigenvalue weighted by molar-refractivity contribution is 5.98. The normalized spacial score (nSPS) is 14.6. The van der Waals surface area contributed by atoms with Crippen LogP contribution in [0.5, 0.6) is 23.0 Å². The molecule has 0 unspecified atom stereocenters. The summed E-state index contributed by atoms with van der Waals surface area (Å²) in [6.45, 7) is 4.67. The molecule has 1 aliphatic heterocycles. The van der Waals surface area contributed by atoms with E-state index in [-0.39, 0.29) is 5.41 Å². The van der Waals surface area contributed by atoms with E-state index in [4.69, 9.17) is 9.47 Å². The minimum atomic E-state index is -0.471. The Kier molecular flexibility index (Phi) is 6.99. The third-order valence-electron chi connectivity index (χ3n) is 13.7. The Balaban J connectivity index is 0.993. The van der Waals surface area contributed by atoms with E-state index in [0.29, 0.717) is 17.2 Å². The van der Waals surface area contributed by atoms with Crippen molar-refractivity contribution in [1.82, 2.24) is 0 Å². The Morgan fingerprint density at radius 2 is 0.902 bits per heavy atom. The largest absolute Gasteiger partial charge is 0.449 e. The second kappa shape index (κ2) is 12.5. The van der Waals surface area contributed by atoms with Gasteiger partial charge in [0.15, 0.2) is 23.0 Å². The van der Waals surface area contributed by atoms with Crippen LogP contribution in [0.2, 0.25) is 0 Å². The minimum Gasteiger partial charge on any atom is -0.449 e. The summed E-state index contributed by atoms with van der Waals surface area (Å²) in [5, 5.41) is 0. The first kappa shape index (κ1) is 34.3. The van der Waals surface area contributed by atoms with E-state index in [9.17, 15) is 0 Å². The molecule has 3 nitrogen and oxygen atoms in total. The number of benzene rings is 9. The van der Waals surface area contributed by atoms with Crippen molar-refractivity contribution in [3.63, 3.8) is 0 Å². The van der Waals surface area contributed by atoms with E-state index in [0.717, 1.165) is 39.5 Å². The summed E-state index contributed by atoms with van der Waals surface area (Å²) < 4.78 is 14.4. The van der Waals surface area contributed by atoms with E-state index < -0.39 is 5.41 Å². The Labute approximate surface area is 355 Å². The number of fused-ring (bicyclic) bond motifs is 16. The molecule has 0 atom stereocenters. The average molecular weight is 782 g/mol. The van der Waals surface area contributed by atoms with E-state index in [1.807, 2.05) is 6.07 Å². The average Bonchev–Trinajstić information content (AvgIpc) is 3.88. The van der Waals surface area contributed by atoms with Crippen molar-refractivity contribution in [2.24, 2.45) is 0 Å². The molecule has 0 radical (unpaired) electrons. The van der Waals surface area contributed by atoms with Crippen LogP contribution in [-0.4, -0.2) is 0 Å². The van der Waals surface area contributed by atoms with Crippen LogP contribution in [0, 0.1) is 0 Å². The van der Waals surface area contributed by atoms with Crippen molar-refractivity contribution in [2.45, 2.75) is 24.7 Å². The molecule has 0 saturated heterocycles. The van der Waals surface area contributed by atoms with Crippen LogP contribution in [0.15, 0.2) is 200 Å². The van der Waals surface area contributed by atoms with Crippen LogP contribution < -0.4 is 14.4 Å². The predicted octanol–water partition coefficient (Wildman–Crippen LogP) is 15.4. The molecule has 0 amide bonds. The Morgan fingerprint density at radius 3 is 1.64 bits per heavy atom. The highest BCUT2D eigenvalue weighted by Gasteiger charge is 2.53. The smallest absolute Gasteiger partial charge is 0.194 e. The molecule has 13 rings (SSSR count). The zero-order valence-corrected chi connectivity index (χ0v) is 33.8. The van der Waals surface area contributed by atoms with Gasteiger partial charge in [-0.25, -0.2) is 0 Å². The molecule has 0 bridgehead atoms. The van der Waals surface area contributed by atoms with Gasteiger partial charge in [0, 0.05) is 22.4 Å². The van der Waals surface area contributed by atoms with Gasteiger partial charge in [-0.2, -0.15) is 0 Å². The first-order valence-electron chi connectivity index (χ1n) is 21.2. The monoisotopic (exact) mass is 781 g/mol. The fourth-order valence-corrected chi connectivity index (χ4v) is 11.1. The third-order valence-corrected chi connectivity index (χ3v) is 13.7. The van der Waals surface area contributed by atoms with Gasteiger partial charge in [-0.3, -0.25) is 0 Å². The van der Waals surface area contributed by atoms with E-state index in [1.165, 1.54) is 61.2 Å². The van der Waals surface area contributed by atoms with Gasteiger partial charge in [0.2, 0.25) is 0 Å². The minimum absolute atomic E-state index is 0.164. The second-order valence-electron chi connectivity index (χ2n) is 17.2. The van der Waals surface area contributed by atoms with Gasteiger partial charge in [0.05, 0.1) is 11.1 Å². The molecule has 0 fully saturated rings. The molecule has 1 heterocycles. The Bertz CT molecular complexity index is 3260. The standard InChI is InChI=1S/C58H39NO2/c1-57(2)45-24-10-6-20-40(45)43-31-30-39(35-50(43)57)59(38-19-14-18-37(34-38)36-16-4-3-5-17-36)51-28-15-29-52-55(51)60-53-33-32-49-54(56(53)61-52)44-23-9-13-27-48(44)58(49)46-25-11-7-21-41(46)42-22-8-12-26-47(42)58/h3-35H,1-2H3. The number of rotatable bonds is 4. The maximum absolute atomic E-state index is 7.21.